The van der Waals surface area contributed by atoms with Crippen molar-refractivity contribution < 1.29 is 59.0 Å². The Bertz CT molecular complexity index is 149. The van der Waals surface area contributed by atoms with Crippen LogP contribution in [-0.2, 0) is 4.74 Å². The molecule has 2 N–H and O–H groups in total. The maximum atomic E-state index is 9.43. The zero-order chi connectivity index (χ0) is 9.30. The van der Waals surface area contributed by atoms with E-state index in [1.807, 2.05) is 13.8 Å². The molecule has 0 aromatic carbocycles. The fraction of sp³-hybridized carbons (Fsp3) is 1.00. The third kappa shape index (κ3) is 3.14. The van der Waals surface area contributed by atoms with E-state index in [0.29, 0.717) is 11.8 Å². The molecule has 1 rings (SSSR count). The van der Waals surface area contributed by atoms with Gasteiger partial charge in [-0.25, -0.2) is 0 Å². The van der Waals surface area contributed by atoms with Crippen molar-refractivity contribution in [3.05, 3.63) is 0 Å². The number of ether oxygens (including phenoxy) is 1. The summed E-state index contributed by atoms with van der Waals surface area (Å²) >= 11 is 0. The second-order valence-corrected chi connectivity index (χ2v) is 3.83. The van der Waals surface area contributed by atoms with Crippen LogP contribution in [0.5, 0.6) is 0 Å². The molecule has 3 nitrogen and oxygen atoms in total. The smallest absolute Gasteiger partial charge is 0.157 e. The van der Waals surface area contributed by atoms with Crippen LogP contribution < -0.4 is 0 Å². The monoisotopic (exact) mass is 401 g/mol. The predicted molar refractivity (Wildman–Crippen MR) is 45.5 cm³/mol. The van der Waals surface area contributed by atoms with Crippen LogP contribution in [0.25, 0.3) is 0 Å². The first kappa shape index (κ1) is 14.3. The fourth-order valence-electron chi connectivity index (χ4n) is 1.71. The minimum absolute atomic E-state index is 0. The standard InChI is InChI=1S/C9H18O3.Ac/c1-5-6(2)8(4-10)12-9(11)7(5)3;/h5-11H,4H2,1-3H3;/t5?,6-,7?,8?,9?;/m0./s1. The average molecular weight is 401 g/mol. The van der Waals surface area contributed by atoms with Crippen LogP contribution in [0.3, 0.4) is 0 Å². The third-order valence-corrected chi connectivity index (χ3v) is 3.19. The summed E-state index contributed by atoms with van der Waals surface area (Å²) in [5, 5.41) is 18.4. The number of aliphatic hydroxyl groups is 2. The number of hydrogen-bond acceptors (Lipinski definition) is 3. The minimum Gasteiger partial charge on any atom is -0.394 e. The summed E-state index contributed by atoms with van der Waals surface area (Å²) in [5.41, 5.74) is 0. The van der Waals surface area contributed by atoms with Gasteiger partial charge in [0.2, 0.25) is 0 Å². The summed E-state index contributed by atoms with van der Waals surface area (Å²) in [5.74, 6) is 0.863. The minimum atomic E-state index is -0.714. The van der Waals surface area contributed by atoms with Crippen molar-refractivity contribution in [1.29, 1.82) is 0 Å². The van der Waals surface area contributed by atoms with Crippen LogP contribution in [-0.4, -0.2) is 29.2 Å². The van der Waals surface area contributed by atoms with Gasteiger partial charge in [-0.2, -0.15) is 0 Å². The van der Waals surface area contributed by atoms with Crippen molar-refractivity contribution >= 4 is 0 Å². The molecule has 0 saturated carbocycles. The molecule has 0 bridgehead atoms. The van der Waals surface area contributed by atoms with Gasteiger partial charge in [0.25, 0.3) is 0 Å². The van der Waals surface area contributed by atoms with Crippen LogP contribution in [0.4, 0.5) is 0 Å². The Morgan fingerprint density at radius 1 is 1.08 bits per heavy atom. The molecule has 13 heavy (non-hydrogen) atoms. The average Bonchev–Trinajstić information content (AvgIpc) is 2.08. The maximum Gasteiger partial charge on any atom is 0.157 e. The third-order valence-electron chi connectivity index (χ3n) is 3.19. The summed E-state index contributed by atoms with van der Waals surface area (Å²) in [6.07, 6.45) is -0.917. The summed E-state index contributed by atoms with van der Waals surface area (Å²) < 4.78 is 5.24. The van der Waals surface area contributed by atoms with Gasteiger partial charge in [0.05, 0.1) is 12.7 Å². The zero-order valence-corrected chi connectivity index (χ0v) is 13.2. The first-order chi connectivity index (χ1) is 5.57. The van der Waals surface area contributed by atoms with E-state index < -0.39 is 6.29 Å². The summed E-state index contributed by atoms with van der Waals surface area (Å²) in [4.78, 5) is 0. The Kier molecular flexibility index (Phi) is 6.64. The number of hydrogen-bond donors (Lipinski definition) is 2. The molecule has 0 aliphatic carbocycles. The van der Waals surface area contributed by atoms with E-state index in [-0.39, 0.29) is 62.7 Å². The molecule has 1 aliphatic rings. The van der Waals surface area contributed by atoms with Gasteiger partial charge in [-0.05, 0) is 11.8 Å². The molecule has 1 fully saturated rings. The first-order valence-electron chi connectivity index (χ1n) is 4.52. The van der Waals surface area contributed by atoms with Crippen molar-refractivity contribution in [3.8, 4) is 0 Å². The van der Waals surface area contributed by atoms with Gasteiger partial charge in [0.1, 0.15) is 0 Å². The molecule has 1 saturated heterocycles. The van der Waals surface area contributed by atoms with Crippen molar-refractivity contribution in [2.75, 3.05) is 6.61 Å². The maximum absolute atomic E-state index is 9.43. The molecule has 1 radical (unpaired) electrons. The largest absolute Gasteiger partial charge is 0.394 e. The molecule has 0 aromatic rings. The summed E-state index contributed by atoms with van der Waals surface area (Å²) in [6.45, 7) is 6.10. The Labute approximate surface area is 115 Å². The first-order valence-corrected chi connectivity index (χ1v) is 4.52. The van der Waals surface area contributed by atoms with Gasteiger partial charge in [0, 0.05) is 50.0 Å². The van der Waals surface area contributed by atoms with Crippen molar-refractivity contribution in [2.24, 2.45) is 17.8 Å². The van der Waals surface area contributed by atoms with Crippen LogP contribution in [0.1, 0.15) is 20.8 Å². The molecular formula is C9H18AcO3. The molecule has 75 valence electrons. The van der Waals surface area contributed by atoms with E-state index in [1.54, 1.807) is 0 Å². The molecule has 4 heteroatoms. The Morgan fingerprint density at radius 2 is 1.62 bits per heavy atom. The molecule has 4 unspecified atom stereocenters. The van der Waals surface area contributed by atoms with Gasteiger partial charge < -0.3 is 14.9 Å². The van der Waals surface area contributed by atoms with Gasteiger partial charge >= 0.3 is 0 Å². The van der Waals surface area contributed by atoms with Crippen molar-refractivity contribution in [2.45, 2.75) is 33.2 Å². The Hall–Kier alpha value is 1.32. The van der Waals surface area contributed by atoms with E-state index in [9.17, 15) is 5.11 Å². The van der Waals surface area contributed by atoms with Crippen LogP contribution in [0, 0.1) is 61.8 Å². The van der Waals surface area contributed by atoms with Crippen molar-refractivity contribution in [3.63, 3.8) is 0 Å². The molecule has 0 amide bonds. The molecule has 0 spiro atoms. The number of rotatable bonds is 1. The van der Waals surface area contributed by atoms with Gasteiger partial charge in [-0.15, -0.1) is 0 Å². The van der Waals surface area contributed by atoms with Gasteiger partial charge in [-0.3, -0.25) is 0 Å². The topological polar surface area (TPSA) is 49.7 Å². The zero-order valence-electron chi connectivity index (χ0n) is 8.47. The summed E-state index contributed by atoms with van der Waals surface area (Å²) in [7, 11) is 0. The molecule has 0 aromatic heterocycles. The van der Waals surface area contributed by atoms with E-state index >= 15 is 0 Å². The Morgan fingerprint density at radius 3 is 2.08 bits per heavy atom. The summed E-state index contributed by atoms with van der Waals surface area (Å²) in [6, 6.07) is 0. The van der Waals surface area contributed by atoms with E-state index in [4.69, 9.17) is 9.84 Å². The quantitative estimate of drug-likeness (QED) is 0.677. The number of aliphatic hydroxyl groups excluding tert-OH is 2. The molecule has 5 atom stereocenters. The predicted octanol–water partition coefficient (Wildman–Crippen LogP) is 0.604. The molecule has 1 heterocycles. The normalized spacial score (nSPS) is 45.5. The fourth-order valence-corrected chi connectivity index (χ4v) is 1.71. The molecular weight excluding hydrogens is 383 g/mol. The van der Waals surface area contributed by atoms with E-state index in [1.165, 1.54) is 0 Å². The van der Waals surface area contributed by atoms with Crippen LogP contribution in [0.2, 0.25) is 0 Å². The van der Waals surface area contributed by atoms with Crippen LogP contribution in [0.15, 0.2) is 0 Å². The van der Waals surface area contributed by atoms with Gasteiger partial charge in [-0.1, -0.05) is 20.8 Å². The van der Waals surface area contributed by atoms with Crippen molar-refractivity contribution in [1.82, 2.24) is 0 Å². The Balaban J connectivity index is 0.00000144. The molecule has 1 aliphatic heterocycles. The van der Waals surface area contributed by atoms with E-state index in [2.05, 4.69) is 6.92 Å². The second kappa shape index (κ2) is 6.03. The second-order valence-electron chi connectivity index (χ2n) is 3.83. The van der Waals surface area contributed by atoms with Crippen LogP contribution >= 0.6 is 0 Å². The SMILES string of the molecule is CC1C(O)OC(CO)[C@@H](C)C1C.[Ac]. The van der Waals surface area contributed by atoms with Gasteiger partial charge in [0.15, 0.2) is 6.29 Å². The van der Waals surface area contributed by atoms with E-state index in [0.717, 1.165) is 0 Å².